The monoisotopic (exact) mass is 333 g/mol. The SMILES string of the molecule is C/C(=N/NC(=O)C(=O)[O-])c1cccc(/C(C)=N\NC(=O)C(=O)[O-])n1. The number of rotatable bonds is 4. The van der Waals surface area contributed by atoms with Crippen LogP contribution in [0.2, 0.25) is 0 Å². The Morgan fingerprint density at radius 1 is 0.875 bits per heavy atom. The van der Waals surface area contributed by atoms with E-state index in [1.54, 1.807) is 16.9 Å². The average molecular weight is 333 g/mol. The summed E-state index contributed by atoms with van der Waals surface area (Å²) >= 11 is 0. The second-order valence-electron chi connectivity index (χ2n) is 4.26. The van der Waals surface area contributed by atoms with Gasteiger partial charge in [0.15, 0.2) is 0 Å². The van der Waals surface area contributed by atoms with Crippen LogP contribution in [-0.2, 0) is 19.2 Å². The minimum atomic E-state index is -1.93. The lowest BCUT2D eigenvalue weighted by atomic mass is 10.2. The van der Waals surface area contributed by atoms with E-state index < -0.39 is 23.8 Å². The number of hydrogen-bond acceptors (Lipinski definition) is 9. The van der Waals surface area contributed by atoms with Crippen LogP contribution >= 0.6 is 0 Å². The molecule has 0 aliphatic carbocycles. The van der Waals surface area contributed by atoms with Gasteiger partial charge in [0.2, 0.25) is 0 Å². The predicted octanol–water partition coefficient (Wildman–Crippen LogP) is -3.74. The Morgan fingerprint density at radius 3 is 1.58 bits per heavy atom. The first-order valence-corrected chi connectivity index (χ1v) is 6.31. The number of hydrazone groups is 2. The molecule has 2 amide bonds. The van der Waals surface area contributed by atoms with Gasteiger partial charge in [0.25, 0.3) is 11.8 Å². The number of carboxylic acid groups (broad SMARTS) is 2. The fourth-order valence-corrected chi connectivity index (χ4v) is 1.31. The molecule has 0 saturated heterocycles. The van der Waals surface area contributed by atoms with Gasteiger partial charge in [-0.15, -0.1) is 0 Å². The second kappa shape index (κ2) is 8.12. The van der Waals surface area contributed by atoms with Crippen LogP contribution in [0.5, 0.6) is 0 Å². The van der Waals surface area contributed by atoms with Crippen LogP contribution in [0.1, 0.15) is 25.2 Å². The molecular formula is C13H11N5O6-2. The first kappa shape index (κ1) is 18.4. The van der Waals surface area contributed by atoms with Crippen molar-refractivity contribution in [2.45, 2.75) is 13.8 Å². The van der Waals surface area contributed by atoms with Crippen molar-refractivity contribution in [3.05, 3.63) is 29.6 Å². The highest BCUT2D eigenvalue weighted by Gasteiger charge is 2.06. The standard InChI is InChI=1S/C13H13N5O6/c1-6(15-17-10(19)12(21)22)8-4-3-5-9(14-8)7(2)16-18-11(20)13(23)24/h3-5H,1-2H3,(H,17,19)(H,18,20)(H,21,22)(H,23,24)/p-2/b15-6-,16-7-. The summed E-state index contributed by atoms with van der Waals surface area (Å²) in [6.45, 7) is 2.93. The molecule has 0 bridgehead atoms. The Morgan fingerprint density at radius 2 is 1.25 bits per heavy atom. The highest BCUT2D eigenvalue weighted by molar-refractivity contribution is 6.30. The molecule has 0 spiro atoms. The third-order valence-electron chi connectivity index (χ3n) is 2.51. The Balaban J connectivity index is 2.93. The number of carbonyl (C=O) groups excluding carboxylic acids is 4. The van der Waals surface area contributed by atoms with Gasteiger partial charge in [0.05, 0.1) is 22.8 Å². The Labute approximate surface area is 135 Å². The number of pyridine rings is 1. The lowest BCUT2D eigenvalue weighted by molar-refractivity contribution is -0.301. The summed E-state index contributed by atoms with van der Waals surface area (Å²) in [4.78, 5) is 46.3. The molecule has 24 heavy (non-hydrogen) atoms. The maximum Gasteiger partial charge on any atom is 0.287 e. The van der Waals surface area contributed by atoms with Crippen molar-refractivity contribution in [3.63, 3.8) is 0 Å². The number of amides is 2. The van der Waals surface area contributed by atoms with Crippen molar-refractivity contribution in [1.29, 1.82) is 0 Å². The normalized spacial score (nSPS) is 11.6. The summed E-state index contributed by atoms with van der Waals surface area (Å²) in [7, 11) is 0. The lowest BCUT2D eigenvalue weighted by Gasteiger charge is -2.06. The molecule has 0 aromatic carbocycles. The molecule has 0 aliphatic heterocycles. The smallest absolute Gasteiger partial charge is 0.287 e. The number of carbonyl (C=O) groups is 4. The van der Waals surface area contributed by atoms with Crippen LogP contribution < -0.4 is 21.1 Å². The van der Waals surface area contributed by atoms with Crippen molar-refractivity contribution >= 4 is 35.2 Å². The molecule has 126 valence electrons. The van der Waals surface area contributed by atoms with Crippen molar-refractivity contribution in [2.24, 2.45) is 10.2 Å². The molecule has 1 aromatic heterocycles. The predicted molar refractivity (Wildman–Crippen MR) is 75.0 cm³/mol. The molecule has 0 fully saturated rings. The molecule has 11 nitrogen and oxygen atoms in total. The van der Waals surface area contributed by atoms with E-state index in [1.807, 2.05) is 0 Å². The van der Waals surface area contributed by atoms with Gasteiger partial charge in [-0.2, -0.15) is 10.2 Å². The van der Waals surface area contributed by atoms with Crippen LogP contribution in [0.4, 0.5) is 0 Å². The summed E-state index contributed by atoms with van der Waals surface area (Å²) in [5.41, 5.74) is 4.49. The molecule has 0 radical (unpaired) electrons. The first-order valence-electron chi connectivity index (χ1n) is 6.31. The highest BCUT2D eigenvalue weighted by Crippen LogP contribution is 2.02. The Kier molecular flexibility index (Phi) is 6.23. The molecule has 2 N–H and O–H groups in total. The highest BCUT2D eigenvalue weighted by atomic mass is 16.4. The van der Waals surface area contributed by atoms with Crippen molar-refractivity contribution in [1.82, 2.24) is 15.8 Å². The van der Waals surface area contributed by atoms with Gasteiger partial charge in [-0.3, -0.25) is 9.59 Å². The summed E-state index contributed by atoms with van der Waals surface area (Å²) in [5.74, 6) is -6.68. The topological polar surface area (TPSA) is 176 Å². The van der Waals surface area contributed by atoms with Gasteiger partial charge < -0.3 is 19.8 Å². The van der Waals surface area contributed by atoms with E-state index in [4.69, 9.17) is 0 Å². The number of hydrogen-bond donors (Lipinski definition) is 2. The maximum absolute atomic E-state index is 10.8. The van der Waals surface area contributed by atoms with Crippen LogP contribution in [0, 0.1) is 0 Å². The number of nitrogens with one attached hydrogen (secondary N) is 2. The molecule has 0 aliphatic rings. The second-order valence-corrected chi connectivity index (χ2v) is 4.26. The van der Waals surface area contributed by atoms with E-state index in [2.05, 4.69) is 15.2 Å². The van der Waals surface area contributed by atoms with E-state index in [1.165, 1.54) is 26.0 Å². The van der Waals surface area contributed by atoms with Gasteiger partial charge >= 0.3 is 0 Å². The third-order valence-corrected chi connectivity index (χ3v) is 2.51. The molecule has 0 saturated carbocycles. The van der Waals surface area contributed by atoms with Crippen molar-refractivity contribution in [2.75, 3.05) is 0 Å². The van der Waals surface area contributed by atoms with E-state index in [0.717, 1.165) is 0 Å². The third kappa shape index (κ3) is 5.29. The van der Waals surface area contributed by atoms with E-state index in [-0.39, 0.29) is 22.8 Å². The first-order chi connectivity index (χ1) is 11.2. The minimum absolute atomic E-state index is 0.193. The summed E-state index contributed by atoms with van der Waals surface area (Å²) in [5, 5.41) is 27.6. The van der Waals surface area contributed by atoms with Gasteiger partial charge in [-0.05, 0) is 26.0 Å². The quantitative estimate of drug-likeness (QED) is 0.323. The fourth-order valence-electron chi connectivity index (χ4n) is 1.31. The summed E-state index contributed by atoms with van der Waals surface area (Å²) < 4.78 is 0. The zero-order valence-electron chi connectivity index (χ0n) is 12.5. The van der Waals surface area contributed by atoms with E-state index in [0.29, 0.717) is 0 Å². The van der Waals surface area contributed by atoms with Crippen LogP contribution in [0.25, 0.3) is 0 Å². The van der Waals surface area contributed by atoms with Gasteiger partial charge in [0, 0.05) is 0 Å². The fraction of sp³-hybridized carbons (Fsp3) is 0.154. The molecule has 1 rings (SSSR count). The number of nitrogens with zero attached hydrogens (tertiary/aromatic N) is 3. The zero-order chi connectivity index (χ0) is 18.3. The van der Waals surface area contributed by atoms with Crippen LogP contribution in [0.3, 0.4) is 0 Å². The molecular weight excluding hydrogens is 322 g/mol. The number of aromatic nitrogens is 1. The van der Waals surface area contributed by atoms with Crippen molar-refractivity contribution < 1.29 is 29.4 Å². The van der Waals surface area contributed by atoms with Gasteiger partial charge in [0.1, 0.15) is 11.9 Å². The molecule has 0 atom stereocenters. The molecule has 11 heteroatoms. The maximum atomic E-state index is 10.8. The molecule has 0 unspecified atom stereocenters. The van der Waals surface area contributed by atoms with Crippen molar-refractivity contribution in [3.8, 4) is 0 Å². The van der Waals surface area contributed by atoms with E-state index in [9.17, 15) is 29.4 Å². The lowest BCUT2D eigenvalue weighted by Crippen LogP contribution is -2.39. The number of aliphatic carboxylic acids is 2. The molecule has 1 aromatic rings. The van der Waals surface area contributed by atoms with Crippen LogP contribution in [-0.4, -0.2) is 40.2 Å². The van der Waals surface area contributed by atoms with E-state index >= 15 is 0 Å². The zero-order valence-corrected chi connectivity index (χ0v) is 12.5. The van der Waals surface area contributed by atoms with Crippen LogP contribution in [0.15, 0.2) is 28.4 Å². The van der Waals surface area contributed by atoms with Gasteiger partial charge in [-0.1, -0.05) is 6.07 Å². The number of carboxylic acids is 2. The largest absolute Gasteiger partial charge is 0.540 e. The molecule has 1 heterocycles. The average Bonchev–Trinajstić information content (AvgIpc) is 2.56. The Bertz CT molecular complexity index is 696. The summed E-state index contributed by atoms with van der Waals surface area (Å²) in [6.07, 6.45) is 0. The summed E-state index contributed by atoms with van der Waals surface area (Å²) in [6, 6.07) is 4.62. The Hall–Kier alpha value is -3.63. The minimum Gasteiger partial charge on any atom is -0.540 e. The van der Waals surface area contributed by atoms with Gasteiger partial charge in [-0.25, -0.2) is 15.8 Å².